The SMILES string of the molecule is C[C@H]1CCc2c(C(=O)Nc3ccc(S(=O)(=O)N4CCOCC4)cc3)csc2C1. The number of nitrogens with zero attached hydrogens (tertiary/aromatic N) is 1. The van der Waals surface area contributed by atoms with Gasteiger partial charge >= 0.3 is 0 Å². The van der Waals surface area contributed by atoms with Gasteiger partial charge < -0.3 is 10.1 Å². The van der Waals surface area contributed by atoms with Crippen LogP contribution in [-0.2, 0) is 27.6 Å². The molecule has 2 aliphatic rings. The van der Waals surface area contributed by atoms with E-state index in [2.05, 4.69) is 12.2 Å². The Balaban J connectivity index is 1.47. The van der Waals surface area contributed by atoms with Gasteiger partial charge in [0.1, 0.15) is 0 Å². The molecule has 1 fully saturated rings. The number of morpholine rings is 1. The molecule has 28 heavy (non-hydrogen) atoms. The Morgan fingerprint density at radius 3 is 2.64 bits per heavy atom. The maximum absolute atomic E-state index is 12.7. The van der Waals surface area contributed by atoms with E-state index in [1.807, 2.05) is 5.38 Å². The minimum Gasteiger partial charge on any atom is -0.379 e. The van der Waals surface area contributed by atoms with Gasteiger partial charge in [-0.15, -0.1) is 11.3 Å². The third-order valence-electron chi connectivity index (χ3n) is 5.37. The molecule has 1 aliphatic carbocycles. The maximum atomic E-state index is 12.7. The molecule has 1 N–H and O–H groups in total. The first-order chi connectivity index (χ1) is 13.4. The van der Waals surface area contributed by atoms with Gasteiger partial charge in [0.25, 0.3) is 5.91 Å². The van der Waals surface area contributed by atoms with Crippen molar-refractivity contribution in [1.82, 2.24) is 4.31 Å². The number of carbonyl (C=O) groups is 1. The molecule has 8 heteroatoms. The Morgan fingerprint density at radius 2 is 1.93 bits per heavy atom. The highest BCUT2D eigenvalue weighted by Crippen LogP contribution is 2.33. The predicted molar refractivity (Wildman–Crippen MR) is 109 cm³/mol. The summed E-state index contributed by atoms with van der Waals surface area (Å²) in [6.45, 7) is 3.80. The number of fused-ring (bicyclic) bond motifs is 1. The van der Waals surface area contributed by atoms with Gasteiger partial charge in [0.2, 0.25) is 10.0 Å². The van der Waals surface area contributed by atoms with Gasteiger partial charge in [-0.1, -0.05) is 6.92 Å². The van der Waals surface area contributed by atoms with Crippen LogP contribution in [0.25, 0.3) is 0 Å². The second-order valence-electron chi connectivity index (χ2n) is 7.39. The van der Waals surface area contributed by atoms with Crippen molar-refractivity contribution in [2.75, 3.05) is 31.6 Å². The average Bonchev–Trinajstić information content (AvgIpc) is 3.12. The molecule has 1 aromatic carbocycles. The number of benzene rings is 1. The minimum absolute atomic E-state index is 0.129. The number of amides is 1. The second-order valence-corrected chi connectivity index (χ2v) is 10.3. The normalized spacial score (nSPS) is 20.5. The highest BCUT2D eigenvalue weighted by atomic mass is 32.2. The smallest absolute Gasteiger partial charge is 0.256 e. The summed E-state index contributed by atoms with van der Waals surface area (Å²) in [6.07, 6.45) is 3.10. The molecule has 2 heterocycles. The summed E-state index contributed by atoms with van der Waals surface area (Å²) in [6, 6.07) is 6.38. The lowest BCUT2D eigenvalue weighted by Gasteiger charge is -2.26. The highest BCUT2D eigenvalue weighted by molar-refractivity contribution is 7.89. The molecular weight excluding hydrogens is 396 g/mol. The molecule has 0 bridgehead atoms. The van der Waals surface area contributed by atoms with Crippen molar-refractivity contribution >= 4 is 33.0 Å². The van der Waals surface area contributed by atoms with Crippen LogP contribution >= 0.6 is 11.3 Å². The van der Waals surface area contributed by atoms with Crippen molar-refractivity contribution in [2.24, 2.45) is 5.92 Å². The van der Waals surface area contributed by atoms with Crippen molar-refractivity contribution < 1.29 is 17.9 Å². The van der Waals surface area contributed by atoms with E-state index in [1.54, 1.807) is 35.6 Å². The van der Waals surface area contributed by atoms with Crippen molar-refractivity contribution in [3.05, 3.63) is 45.6 Å². The summed E-state index contributed by atoms with van der Waals surface area (Å²) >= 11 is 1.66. The molecule has 0 radical (unpaired) electrons. The van der Waals surface area contributed by atoms with E-state index in [4.69, 9.17) is 4.74 Å². The number of nitrogens with one attached hydrogen (secondary N) is 1. The fourth-order valence-corrected chi connectivity index (χ4v) is 6.36. The summed E-state index contributed by atoms with van der Waals surface area (Å²) in [5, 5.41) is 4.84. The number of hydrogen-bond donors (Lipinski definition) is 1. The number of ether oxygens (including phenoxy) is 1. The van der Waals surface area contributed by atoms with Gasteiger partial charge in [-0.25, -0.2) is 8.42 Å². The molecule has 0 spiro atoms. The van der Waals surface area contributed by atoms with E-state index in [9.17, 15) is 13.2 Å². The molecule has 1 atom stereocenters. The first-order valence-corrected chi connectivity index (χ1v) is 11.9. The fourth-order valence-electron chi connectivity index (χ4n) is 3.71. The largest absolute Gasteiger partial charge is 0.379 e. The van der Waals surface area contributed by atoms with Gasteiger partial charge in [-0.2, -0.15) is 4.31 Å². The Morgan fingerprint density at radius 1 is 1.21 bits per heavy atom. The van der Waals surface area contributed by atoms with E-state index >= 15 is 0 Å². The van der Waals surface area contributed by atoms with E-state index < -0.39 is 10.0 Å². The highest BCUT2D eigenvalue weighted by Gasteiger charge is 2.26. The Bertz CT molecular complexity index is 961. The predicted octanol–water partition coefficient (Wildman–Crippen LogP) is 3.15. The van der Waals surface area contributed by atoms with Crippen LogP contribution in [0.4, 0.5) is 5.69 Å². The third kappa shape index (κ3) is 3.87. The van der Waals surface area contributed by atoms with E-state index in [1.165, 1.54) is 14.7 Å². The number of thiophene rings is 1. The Kier molecular flexibility index (Phi) is 5.55. The molecule has 2 aromatic rings. The molecule has 0 saturated carbocycles. The van der Waals surface area contributed by atoms with Crippen molar-refractivity contribution in [3.63, 3.8) is 0 Å². The fraction of sp³-hybridized carbons (Fsp3) is 0.450. The van der Waals surface area contributed by atoms with Crippen LogP contribution in [0.5, 0.6) is 0 Å². The van der Waals surface area contributed by atoms with Gasteiger partial charge in [0.15, 0.2) is 0 Å². The monoisotopic (exact) mass is 420 g/mol. The number of sulfonamides is 1. The lowest BCUT2D eigenvalue weighted by molar-refractivity contribution is 0.0730. The Hall–Kier alpha value is -1.74. The van der Waals surface area contributed by atoms with Crippen molar-refractivity contribution in [1.29, 1.82) is 0 Å². The van der Waals surface area contributed by atoms with Gasteiger partial charge in [-0.3, -0.25) is 4.79 Å². The first kappa shape index (κ1) is 19.6. The van der Waals surface area contributed by atoms with Crippen LogP contribution in [0.1, 0.15) is 34.1 Å². The van der Waals surface area contributed by atoms with Crippen LogP contribution in [-0.4, -0.2) is 44.9 Å². The summed E-state index contributed by atoms with van der Waals surface area (Å²) in [5.74, 6) is 0.541. The third-order valence-corrected chi connectivity index (χ3v) is 8.33. The molecule has 6 nitrogen and oxygen atoms in total. The molecular formula is C20H24N2O4S2. The number of anilines is 1. The van der Waals surface area contributed by atoms with Crippen LogP contribution in [0.3, 0.4) is 0 Å². The zero-order valence-electron chi connectivity index (χ0n) is 15.8. The topological polar surface area (TPSA) is 75.7 Å². The van der Waals surface area contributed by atoms with Crippen LogP contribution in [0.15, 0.2) is 34.5 Å². The standard InChI is InChI=1S/C20H24N2O4S2/c1-14-2-7-17-18(13-27-19(17)12-14)20(23)21-15-3-5-16(6-4-15)28(24,25)22-8-10-26-11-9-22/h3-6,13-14H,2,7-12H2,1H3,(H,21,23)/t14-/m0/s1. The molecule has 1 aromatic heterocycles. The van der Waals surface area contributed by atoms with Crippen LogP contribution in [0, 0.1) is 5.92 Å². The van der Waals surface area contributed by atoms with Crippen LogP contribution < -0.4 is 5.32 Å². The molecule has 0 unspecified atom stereocenters. The second kappa shape index (κ2) is 7.94. The van der Waals surface area contributed by atoms with Gasteiger partial charge in [0.05, 0.1) is 23.7 Å². The zero-order valence-corrected chi connectivity index (χ0v) is 17.4. The summed E-state index contributed by atoms with van der Waals surface area (Å²) in [7, 11) is -3.53. The summed E-state index contributed by atoms with van der Waals surface area (Å²) in [5.41, 5.74) is 2.51. The molecule has 150 valence electrons. The van der Waals surface area contributed by atoms with Crippen LogP contribution in [0.2, 0.25) is 0 Å². The summed E-state index contributed by atoms with van der Waals surface area (Å²) in [4.78, 5) is 14.3. The zero-order chi connectivity index (χ0) is 19.7. The molecule has 1 aliphatic heterocycles. The summed E-state index contributed by atoms with van der Waals surface area (Å²) < 4.78 is 32.0. The van der Waals surface area contributed by atoms with E-state index in [0.29, 0.717) is 37.9 Å². The van der Waals surface area contributed by atoms with Crippen molar-refractivity contribution in [3.8, 4) is 0 Å². The number of carbonyl (C=O) groups excluding carboxylic acids is 1. The van der Waals surface area contributed by atoms with Crippen molar-refractivity contribution in [2.45, 2.75) is 31.1 Å². The Labute approximate surface area is 169 Å². The quantitative estimate of drug-likeness (QED) is 0.824. The lowest BCUT2D eigenvalue weighted by Crippen LogP contribution is -2.40. The van der Waals surface area contributed by atoms with E-state index in [-0.39, 0.29) is 10.8 Å². The molecule has 1 amide bonds. The molecule has 1 saturated heterocycles. The minimum atomic E-state index is -3.53. The lowest BCUT2D eigenvalue weighted by atomic mass is 9.88. The molecule has 4 rings (SSSR count). The number of hydrogen-bond acceptors (Lipinski definition) is 5. The van der Waals surface area contributed by atoms with Gasteiger partial charge in [0, 0.05) is 29.0 Å². The average molecular weight is 421 g/mol. The first-order valence-electron chi connectivity index (χ1n) is 9.53. The number of rotatable bonds is 4. The maximum Gasteiger partial charge on any atom is 0.256 e. The van der Waals surface area contributed by atoms with E-state index in [0.717, 1.165) is 24.8 Å². The van der Waals surface area contributed by atoms with Gasteiger partial charge in [-0.05, 0) is 55.0 Å².